The number of guanidine groups is 1. The molecule has 0 saturated heterocycles. The van der Waals surface area contributed by atoms with Crippen LogP contribution in [0.15, 0.2) is 59.9 Å². The maximum absolute atomic E-state index is 5.83. The Kier molecular flexibility index (Phi) is 9.14. The number of nitrogens with one attached hydrogen (secondary N) is 1. The molecule has 0 radical (unpaired) electrons. The van der Waals surface area contributed by atoms with Crippen LogP contribution in [-0.2, 0) is 19.5 Å². The lowest BCUT2D eigenvalue weighted by atomic mass is 10.1. The van der Waals surface area contributed by atoms with Crippen LogP contribution in [0, 0.1) is 0 Å². The molecule has 0 fully saturated rings. The molecule has 24 heavy (non-hydrogen) atoms. The highest BCUT2D eigenvalue weighted by molar-refractivity contribution is 14.0. The van der Waals surface area contributed by atoms with Crippen LogP contribution in [0.5, 0.6) is 0 Å². The van der Waals surface area contributed by atoms with Gasteiger partial charge in [0.15, 0.2) is 5.96 Å². The maximum atomic E-state index is 5.83. The highest BCUT2D eigenvalue weighted by Crippen LogP contribution is 2.06. The zero-order chi connectivity index (χ0) is 16.5. The van der Waals surface area contributed by atoms with Gasteiger partial charge in [0, 0.05) is 25.5 Å². The number of aliphatic imine (C=N–C) groups is 1. The molecule has 0 bridgehead atoms. The molecule has 3 N–H and O–H groups in total. The van der Waals surface area contributed by atoms with Crippen LogP contribution in [-0.4, -0.2) is 22.1 Å². The Morgan fingerprint density at radius 1 is 1.33 bits per heavy atom. The molecule has 2 aromatic rings. The fourth-order valence-corrected chi connectivity index (χ4v) is 2.25. The molecule has 0 spiro atoms. The van der Waals surface area contributed by atoms with E-state index in [0.717, 1.165) is 30.8 Å². The van der Waals surface area contributed by atoms with E-state index in [2.05, 4.69) is 50.7 Å². The first-order valence-corrected chi connectivity index (χ1v) is 7.87. The number of imidazole rings is 1. The number of hydrogen-bond acceptors (Lipinski definition) is 2. The van der Waals surface area contributed by atoms with Crippen molar-refractivity contribution in [1.29, 1.82) is 0 Å². The van der Waals surface area contributed by atoms with Crippen LogP contribution in [0.2, 0.25) is 0 Å². The Morgan fingerprint density at radius 3 is 2.79 bits per heavy atom. The van der Waals surface area contributed by atoms with E-state index < -0.39 is 0 Å². The molecule has 0 aliphatic heterocycles. The van der Waals surface area contributed by atoms with Crippen molar-refractivity contribution in [2.75, 3.05) is 6.54 Å². The SMILES string of the molecule is C=C(C)CNC(N)=NCc1nccn1CCCc1ccccc1.I. The Hall–Kier alpha value is -1.83. The molecule has 1 aromatic carbocycles. The van der Waals surface area contributed by atoms with E-state index in [0.29, 0.717) is 19.0 Å². The van der Waals surface area contributed by atoms with E-state index in [-0.39, 0.29) is 24.0 Å². The van der Waals surface area contributed by atoms with Gasteiger partial charge in [-0.05, 0) is 25.3 Å². The number of aromatic nitrogens is 2. The van der Waals surface area contributed by atoms with Crippen molar-refractivity contribution >= 4 is 29.9 Å². The maximum Gasteiger partial charge on any atom is 0.189 e. The average molecular weight is 439 g/mol. The number of aryl methyl sites for hydroxylation is 2. The second-order valence-corrected chi connectivity index (χ2v) is 5.64. The minimum Gasteiger partial charge on any atom is -0.370 e. The van der Waals surface area contributed by atoms with Gasteiger partial charge in [0.05, 0.1) is 0 Å². The topological polar surface area (TPSA) is 68.2 Å². The van der Waals surface area contributed by atoms with Gasteiger partial charge in [-0.2, -0.15) is 0 Å². The molecule has 6 heteroatoms. The van der Waals surface area contributed by atoms with Gasteiger partial charge in [-0.15, -0.1) is 24.0 Å². The molecular formula is C18H26IN5. The van der Waals surface area contributed by atoms with Gasteiger partial charge in [-0.25, -0.2) is 9.98 Å². The van der Waals surface area contributed by atoms with Crippen molar-refractivity contribution in [2.24, 2.45) is 10.7 Å². The van der Waals surface area contributed by atoms with Crippen LogP contribution >= 0.6 is 24.0 Å². The standard InChI is InChI=1S/C18H25N5.HI/c1-15(2)13-21-18(19)22-14-17-20-10-12-23(17)11-6-9-16-7-4-3-5-8-16;/h3-5,7-8,10,12H,1,6,9,11,13-14H2,2H3,(H3,19,21,22);1H. The zero-order valence-electron chi connectivity index (χ0n) is 14.1. The van der Waals surface area contributed by atoms with Crippen LogP contribution in [0.1, 0.15) is 24.7 Å². The third-order valence-corrected chi connectivity index (χ3v) is 3.47. The number of rotatable bonds is 8. The third-order valence-electron chi connectivity index (χ3n) is 3.47. The van der Waals surface area contributed by atoms with Crippen LogP contribution in [0.4, 0.5) is 0 Å². The molecule has 130 valence electrons. The van der Waals surface area contributed by atoms with Gasteiger partial charge in [-0.3, -0.25) is 0 Å². The lowest BCUT2D eigenvalue weighted by Gasteiger charge is -2.08. The van der Waals surface area contributed by atoms with Crippen LogP contribution in [0.3, 0.4) is 0 Å². The molecule has 1 heterocycles. The minimum atomic E-state index is 0. The molecule has 5 nitrogen and oxygen atoms in total. The average Bonchev–Trinajstić information content (AvgIpc) is 2.99. The molecule has 0 aliphatic rings. The second-order valence-electron chi connectivity index (χ2n) is 5.64. The predicted molar refractivity (Wildman–Crippen MR) is 111 cm³/mol. The largest absolute Gasteiger partial charge is 0.370 e. The molecule has 0 amide bonds. The van der Waals surface area contributed by atoms with E-state index in [1.807, 2.05) is 25.4 Å². The van der Waals surface area contributed by atoms with Crippen LogP contribution in [0.25, 0.3) is 0 Å². The van der Waals surface area contributed by atoms with Gasteiger partial charge >= 0.3 is 0 Å². The van der Waals surface area contributed by atoms with Crippen LogP contribution < -0.4 is 11.1 Å². The Labute approximate surface area is 161 Å². The van der Waals surface area contributed by atoms with Crippen molar-refractivity contribution in [3.8, 4) is 0 Å². The van der Waals surface area contributed by atoms with Gasteiger partial charge in [0.25, 0.3) is 0 Å². The number of halogens is 1. The van der Waals surface area contributed by atoms with Gasteiger partial charge in [0.1, 0.15) is 12.4 Å². The van der Waals surface area contributed by atoms with E-state index >= 15 is 0 Å². The summed E-state index contributed by atoms with van der Waals surface area (Å²) in [4.78, 5) is 8.69. The third kappa shape index (κ3) is 7.16. The van der Waals surface area contributed by atoms with Crippen molar-refractivity contribution in [3.05, 3.63) is 66.3 Å². The fraction of sp³-hybridized carbons (Fsp3) is 0.333. The summed E-state index contributed by atoms with van der Waals surface area (Å²) in [6.07, 6.45) is 5.93. The van der Waals surface area contributed by atoms with E-state index in [4.69, 9.17) is 5.73 Å². The summed E-state index contributed by atoms with van der Waals surface area (Å²) in [6.45, 7) is 7.81. The molecule has 0 aliphatic carbocycles. The number of hydrogen-bond donors (Lipinski definition) is 2. The lowest BCUT2D eigenvalue weighted by Crippen LogP contribution is -2.32. The number of nitrogens with zero attached hydrogens (tertiary/aromatic N) is 3. The molecule has 2 rings (SSSR count). The first kappa shape index (κ1) is 20.2. The first-order chi connectivity index (χ1) is 11.1. The van der Waals surface area contributed by atoms with Crippen molar-refractivity contribution in [2.45, 2.75) is 32.9 Å². The second kappa shape index (κ2) is 10.9. The molecular weight excluding hydrogens is 413 g/mol. The fourth-order valence-electron chi connectivity index (χ4n) is 2.25. The van der Waals surface area contributed by atoms with Crippen molar-refractivity contribution in [1.82, 2.24) is 14.9 Å². The number of nitrogens with two attached hydrogens (primary N) is 1. The quantitative estimate of drug-likeness (QED) is 0.288. The molecule has 0 unspecified atom stereocenters. The number of benzene rings is 1. The summed E-state index contributed by atoms with van der Waals surface area (Å²) in [6, 6.07) is 10.5. The minimum absolute atomic E-state index is 0. The Balaban J connectivity index is 0.00000288. The van der Waals surface area contributed by atoms with Gasteiger partial charge < -0.3 is 15.6 Å². The summed E-state index contributed by atoms with van der Waals surface area (Å²) >= 11 is 0. The predicted octanol–water partition coefficient (Wildman–Crippen LogP) is 3.11. The highest BCUT2D eigenvalue weighted by atomic mass is 127. The van der Waals surface area contributed by atoms with Crippen molar-refractivity contribution < 1.29 is 0 Å². The summed E-state index contributed by atoms with van der Waals surface area (Å²) in [5.74, 6) is 1.35. The summed E-state index contributed by atoms with van der Waals surface area (Å²) in [5.41, 5.74) is 8.21. The van der Waals surface area contributed by atoms with E-state index in [9.17, 15) is 0 Å². The van der Waals surface area contributed by atoms with Gasteiger partial charge in [0.2, 0.25) is 0 Å². The highest BCUT2D eigenvalue weighted by Gasteiger charge is 2.02. The normalized spacial score (nSPS) is 11.0. The molecule has 0 saturated carbocycles. The smallest absolute Gasteiger partial charge is 0.189 e. The summed E-state index contributed by atoms with van der Waals surface area (Å²) in [7, 11) is 0. The zero-order valence-corrected chi connectivity index (χ0v) is 16.4. The van der Waals surface area contributed by atoms with Gasteiger partial charge in [-0.1, -0.05) is 42.5 Å². The Bertz CT molecular complexity index is 648. The first-order valence-electron chi connectivity index (χ1n) is 7.87. The summed E-state index contributed by atoms with van der Waals surface area (Å²) < 4.78 is 2.14. The molecule has 1 aromatic heterocycles. The summed E-state index contributed by atoms with van der Waals surface area (Å²) in [5, 5.41) is 3.02. The monoisotopic (exact) mass is 439 g/mol. The Morgan fingerprint density at radius 2 is 2.08 bits per heavy atom. The van der Waals surface area contributed by atoms with E-state index in [1.54, 1.807) is 0 Å². The molecule has 0 atom stereocenters. The van der Waals surface area contributed by atoms with Crippen molar-refractivity contribution in [3.63, 3.8) is 0 Å². The lowest BCUT2D eigenvalue weighted by molar-refractivity contribution is 0.611. The van der Waals surface area contributed by atoms with E-state index in [1.165, 1.54) is 5.56 Å².